The van der Waals surface area contributed by atoms with E-state index in [-0.39, 0.29) is 36.1 Å². The predicted molar refractivity (Wildman–Crippen MR) is 144 cm³/mol. The number of halogens is 5. The van der Waals surface area contributed by atoms with Crippen LogP contribution in [-0.4, -0.2) is 74.4 Å². The van der Waals surface area contributed by atoms with E-state index in [0.717, 1.165) is 6.42 Å². The average Bonchev–Trinajstić information content (AvgIpc) is 2.91. The van der Waals surface area contributed by atoms with Crippen molar-refractivity contribution >= 4 is 34.9 Å². The van der Waals surface area contributed by atoms with Gasteiger partial charge in [0.25, 0.3) is 5.91 Å². The lowest BCUT2D eigenvalue weighted by Crippen LogP contribution is -2.54. The van der Waals surface area contributed by atoms with Crippen molar-refractivity contribution in [3.8, 4) is 0 Å². The zero-order valence-electron chi connectivity index (χ0n) is 21.8. The second kappa shape index (κ2) is 13.8. The van der Waals surface area contributed by atoms with Crippen LogP contribution in [0.5, 0.6) is 0 Å². The molecule has 8 nitrogen and oxygen atoms in total. The number of nitrogens with zero attached hydrogens (tertiary/aromatic N) is 2. The summed E-state index contributed by atoms with van der Waals surface area (Å²) < 4.78 is 56.3. The van der Waals surface area contributed by atoms with Crippen LogP contribution in [-0.2, 0) is 25.6 Å². The van der Waals surface area contributed by atoms with Crippen molar-refractivity contribution in [2.45, 2.75) is 57.2 Å². The highest BCUT2D eigenvalue weighted by Gasteiger charge is 2.36. The summed E-state index contributed by atoms with van der Waals surface area (Å²) in [5, 5.41) is 4.26. The van der Waals surface area contributed by atoms with E-state index in [9.17, 15) is 18.0 Å². The molecule has 0 saturated carbocycles. The van der Waals surface area contributed by atoms with Crippen molar-refractivity contribution in [2.75, 3.05) is 33.4 Å². The highest BCUT2D eigenvalue weighted by Crippen LogP contribution is 2.26. The van der Waals surface area contributed by atoms with Crippen LogP contribution in [0.1, 0.15) is 31.7 Å². The molecule has 0 radical (unpaired) electrons. The molecule has 2 aliphatic rings. The molecule has 216 valence electrons. The van der Waals surface area contributed by atoms with Crippen LogP contribution in [0.2, 0.25) is 10.0 Å². The van der Waals surface area contributed by atoms with Gasteiger partial charge in [-0.2, -0.15) is 13.2 Å². The Labute approximate surface area is 235 Å². The highest BCUT2D eigenvalue weighted by molar-refractivity contribution is 6.42. The minimum atomic E-state index is -4.91. The van der Waals surface area contributed by atoms with Gasteiger partial charge in [0.15, 0.2) is 0 Å². The minimum absolute atomic E-state index is 0.00125. The van der Waals surface area contributed by atoms with Crippen molar-refractivity contribution < 1.29 is 32.2 Å². The Bertz CT molecular complexity index is 1110. The van der Waals surface area contributed by atoms with Crippen LogP contribution in [0, 0.1) is 0 Å². The average molecular weight is 593 g/mol. The lowest BCUT2D eigenvalue weighted by molar-refractivity contribution is -0.128. The third-order valence-electron chi connectivity index (χ3n) is 6.73. The van der Waals surface area contributed by atoms with E-state index in [1.807, 2.05) is 0 Å². The standard InChI is InChI=1S/C26H33Cl2F3N4O4/c1-15(16(2)39-13-17-4-5-19(27)20(28)12-17)23(34-25(32)26(29,30)31)24(36)35-9-6-18(7-10-35)33-21-8-11-38-14-22(21)37-3/h4-5,12,18,21-22,33H,2,6-11,13-14H2,1,3H3,(H2,32,34)/b23-15-/t21?,22-/m1/s1. The van der Waals surface area contributed by atoms with Gasteiger partial charge in [-0.05, 0) is 43.9 Å². The highest BCUT2D eigenvalue weighted by atomic mass is 35.5. The molecule has 2 fully saturated rings. The number of benzene rings is 1. The van der Waals surface area contributed by atoms with Crippen molar-refractivity contribution in [3.63, 3.8) is 0 Å². The molecule has 2 atom stereocenters. The molecule has 1 aromatic rings. The van der Waals surface area contributed by atoms with Gasteiger partial charge in [0, 0.05) is 44.5 Å². The summed E-state index contributed by atoms with van der Waals surface area (Å²) in [6, 6.07) is 5.11. The first-order valence-electron chi connectivity index (χ1n) is 12.4. The Morgan fingerprint density at radius 3 is 2.56 bits per heavy atom. The number of hydrogen-bond donors (Lipinski definition) is 2. The molecule has 39 heavy (non-hydrogen) atoms. The number of rotatable bonds is 9. The van der Waals surface area contributed by atoms with Gasteiger partial charge < -0.3 is 30.2 Å². The largest absolute Gasteiger partial charge is 0.489 e. The number of hydrogen-bond acceptors (Lipinski definition) is 6. The Hall–Kier alpha value is -2.31. The van der Waals surface area contributed by atoms with Gasteiger partial charge in [0.1, 0.15) is 18.1 Å². The fourth-order valence-corrected chi connectivity index (χ4v) is 4.67. The van der Waals surface area contributed by atoms with E-state index in [2.05, 4.69) is 16.9 Å². The molecular weight excluding hydrogens is 560 g/mol. The third-order valence-corrected chi connectivity index (χ3v) is 7.47. The number of amides is 1. The second-order valence-electron chi connectivity index (χ2n) is 9.41. The van der Waals surface area contributed by atoms with E-state index in [4.69, 9.17) is 43.1 Å². The molecule has 2 aliphatic heterocycles. The van der Waals surface area contributed by atoms with Crippen LogP contribution in [0.3, 0.4) is 0 Å². The number of carbonyl (C=O) groups is 1. The molecule has 0 aromatic heterocycles. The zero-order valence-corrected chi connectivity index (χ0v) is 23.3. The summed E-state index contributed by atoms with van der Waals surface area (Å²) in [6.45, 7) is 7.00. The summed E-state index contributed by atoms with van der Waals surface area (Å²) in [4.78, 5) is 18.4. The number of amidine groups is 1. The molecule has 1 amide bonds. The Morgan fingerprint density at radius 2 is 1.95 bits per heavy atom. The number of nitrogens with two attached hydrogens (primary N) is 1. The molecule has 13 heteroatoms. The maximum absolute atomic E-state index is 13.4. The maximum atomic E-state index is 13.4. The molecule has 3 rings (SSSR count). The van der Waals surface area contributed by atoms with E-state index >= 15 is 0 Å². The SMILES string of the molecule is C=C(OCc1ccc(Cl)c(Cl)c1)/C(C)=C(\N=C(/N)C(F)(F)F)C(=O)N1CCC(NC2CCOC[C@H]2OC)CC1. The Kier molecular flexibility index (Phi) is 11.1. The van der Waals surface area contributed by atoms with E-state index in [0.29, 0.717) is 54.8 Å². The van der Waals surface area contributed by atoms with Crippen LogP contribution in [0.4, 0.5) is 13.2 Å². The molecule has 2 heterocycles. The van der Waals surface area contributed by atoms with E-state index in [1.54, 1.807) is 25.3 Å². The van der Waals surface area contributed by atoms with Crippen molar-refractivity contribution in [1.82, 2.24) is 10.2 Å². The fourth-order valence-electron chi connectivity index (χ4n) is 4.35. The normalized spacial score (nSPS) is 21.9. The summed E-state index contributed by atoms with van der Waals surface area (Å²) in [6.07, 6.45) is -2.95. The second-order valence-corrected chi connectivity index (χ2v) is 10.2. The van der Waals surface area contributed by atoms with Crippen molar-refractivity contribution in [2.24, 2.45) is 10.7 Å². The van der Waals surface area contributed by atoms with Crippen LogP contribution in [0.25, 0.3) is 0 Å². The molecular formula is C26H33Cl2F3N4O4. The molecule has 0 bridgehead atoms. The van der Waals surface area contributed by atoms with Crippen LogP contribution < -0.4 is 11.1 Å². The Balaban J connectivity index is 1.72. The van der Waals surface area contributed by atoms with Gasteiger partial charge >= 0.3 is 6.18 Å². The number of alkyl halides is 3. The Morgan fingerprint density at radius 1 is 1.26 bits per heavy atom. The lowest BCUT2D eigenvalue weighted by Gasteiger charge is -2.38. The molecule has 0 aliphatic carbocycles. The number of allylic oxidation sites excluding steroid dienone is 1. The first-order chi connectivity index (χ1) is 18.4. The molecule has 0 spiro atoms. The number of likely N-dealkylation sites (tertiary alicyclic amines) is 1. The first-order valence-corrected chi connectivity index (χ1v) is 13.2. The van der Waals surface area contributed by atoms with Gasteiger partial charge in [0.05, 0.1) is 22.8 Å². The molecule has 3 N–H and O–H groups in total. The third kappa shape index (κ3) is 8.59. The molecule has 1 aromatic carbocycles. The summed E-state index contributed by atoms with van der Waals surface area (Å²) in [5.74, 6) is -2.34. The number of aliphatic imine (C=N–C) groups is 1. The topological polar surface area (TPSA) is 98.4 Å². The van der Waals surface area contributed by atoms with Gasteiger partial charge in [-0.1, -0.05) is 35.8 Å². The van der Waals surface area contributed by atoms with Gasteiger partial charge in [-0.15, -0.1) is 0 Å². The minimum Gasteiger partial charge on any atom is -0.489 e. The van der Waals surface area contributed by atoms with E-state index in [1.165, 1.54) is 11.8 Å². The van der Waals surface area contributed by atoms with Crippen LogP contribution >= 0.6 is 23.2 Å². The monoisotopic (exact) mass is 592 g/mol. The van der Waals surface area contributed by atoms with Gasteiger partial charge in [-0.25, -0.2) is 4.99 Å². The first kappa shape index (κ1) is 31.2. The predicted octanol–water partition coefficient (Wildman–Crippen LogP) is 4.60. The number of methoxy groups -OCH3 is 1. The number of ether oxygens (including phenoxy) is 3. The molecule has 1 unspecified atom stereocenters. The number of piperidine rings is 1. The summed E-state index contributed by atoms with van der Waals surface area (Å²) >= 11 is 12.0. The smallest absolute Gasteiger partial charge is 0.448 e. The number of nitrogens with one attached hydrogen (secondary N) is 1. The zero-order chi connectivity index (χ0) is 28.7. The molecule has 2 saturated heterocycles. The number of carbonyl (C=O) groups excluding carboxylic acids is 1. The summed E-state index contributed by atoms with van der Waals surface area (Å²) in [5.41, 5.74) is 5.41. The summed E-state index contributed by atoms with van der Waals surface area (Å²) in [7, 11) is 1.64. The van der Waals surface area contributed by atoms with Crippen molar-refractivity contribution in [1.29, 1.82) is 0 Å². The quantitative estimate of drug-likeness (QED) is 0.143. The van der Waals surface area contributed by atoms with Crippen LogP contribution in [0.15, 0.2) is 46.8 Å². The maximum Gasteiger partial charge on any atom is 0.448 e. The van der Waals surface area contributed by atoms with Gasteiger partial charge in [0.2, 0.25) is 5.84 Å². The van der Waals surface area contributed by atoms with Crippen molar-refractivity contribution in [3.05, 3.63) is 57.4 Å². The van der Waals surface area contributed by atoms with E-state index < -0.39 is 23.6 Å². The lowest BCUT2D eigenvalue weighted by atomic mass is 9.99. The van der Waals surface area contributed by atoms with Gasteiger partial charge in [-0.3, -0.25) is 4.79 Å². The fraction of sp³-hybridized carbons (Fsp3) is 0.538.